The van der Waals surface area contributed by atoms with Crippen LogP contribution in [0.4, 0.5) is 5.69 Å². The maximum atomic E-state index is 12.3. The van der Waals surface area contributed by atoms with Crippen LogP contribution in [0.2, 0.25) is 0 Å². The molecule has 0 saturated carbocycles. The van der Waals surface area contributed by atoms with Crippen LogP contribution in [-0.2, 0) is 14.8 Å². The van der Waals surface area contributed by atoms with Crippen molar-refractivity contribution in [1.29, 1.82) is 0 Å². The number of nitrogens with one attached hydrogen (secondary N) is 2. The Morgan fingerprint density at radius 2 is 2.05 bits per heavy atom. The van der Waals surface area contributed by atoms with E-state index in [1.54, 1.807) is 19.9 Å². The lowest BCUT2D eigenvalue weighted by atomic mass is 10.1. The van der Waals surface area contributed by atoms with Crippen LogP contribution in [0.5, 0.6) is 0 Å². The van der Waals surface area contributed by atoms with Gasteiger partial charge in [-0.1, -0.05) is 12.1 Å². The molecule has 2 rings (SSSR count). The monoisotopic (exact) mass is 323 g/mol. The number of sulfonamides is 1. The number of ether oxygens (including phenoxy) is 1. The lowest BCUT2D eigenvalue weighted by Crippen LogP contribution is -2.14. The van der Waals surface area contributed by atoms with E-state index in [1.807, 2.05) is 19.1 Å². The summed E-state index contributed by atoms with van der Waals surface area (Å²) in [6.07, 6.45) is 0. The summed E-state index contributed by atoms with van der Waals surface area (Å²) in [7, 11) is -3.86. The standard InChI is InChI=1S/C14H17N3O4S/c1-4-21-14(18)12-8-13(16-15-12)22(19,20)17-11-7-9(2)5-6-10(11)3/h5-8,17H,4H2,1-3H3,(H,15,16). The number of anilines is 1. The van der Waals surface area contributed by atoms with Gasteiger partial charge in [-0.05, 0) is 38.0 Å². The average Bonchev–Trinajstić information content (AvgIpc) is 2.93. The van der Waals surface area contributed by atoms with Crippen LogP contribution >= 0.6 is 0 Å². The molecule has 0 bridgehead atoms. The van der Waals surface area contributed by atoms with E-state index in [4.69, 9.17) is 4.74 Å². The minimum Gasteiger partial charge on any atom is -0.461 e. The van der Waals surface area contributed by atoms with Crippen molar-refractivity contribution < 1.29 is 17.9 Å². The molecule has 1 aromatic heterocycles. The van der Waals surface area contributed by atoms with E-state index in [1.165, 1.54) is 0 Å². The Morgan fingerprint density at radius 1 is 1.32 bits per heavy atom. The highest BCUT2D eigenvalue weighted by molar-refractivity contribution is 7.92. The predicted molar refractivity (Wildman–Crippen MR) is 81.3 cm³/mol. The summed E-state index contributed by atoms with van der Waals surface area (Å²) >= 11 is 0. The van der Waals surface area contributed by atoms with Crippen LogP contribution in [0, 0.1) is 13.8 Å². The zero-order valence-corrected chi connectivity index (χ0v) is 13.3. The maximum absolute atomic E-state index is 12.3. The first-order valence-corrected chi connectivity index (χ1v) is 8.14. The van der Waals surface area contributed by atoms with Crippen molar-refractivity contribution in [2.24, 2.45) is 0 Å². The van der Waals surface area contributed by atoms with Crippen molar-refractivity contribution in [3.8, 4) is 0 Å². The molecule has 0 spiro atoms. The van der Waals surface area contributed by atoms with E-state index in [2.05, 4.69) is 14.9 Å². The summed E-state index contributed by atoms with van der Waals surface area (Å²) in [6.45, 7) is 5.51. The SMILES string of the molecule is CCOC(=O)c1cc(S(=O)(=O)Nc2cc(C)ccc2C)[nH]n1. The summed E-state index contributed by atoms with van der Waals surface area (Å²) < 4.78 is 31.9. The number of esters is 1. The number of aryl methyl sites for hydroxylation is 2. The Balaban J connectivity index is 2.27. The first-order chi connectivity index (χ1) is 10.3. The van der Waals surface area contributed by atoms with Crippen molar-refractivity contribution >= 4 is 21.7 Å². The van der Waals surface area contributed by atoms with Crippen LogP contribution in [0.1, 0.15) is 28.5 Å². The van der Waals surface area contributed by atoms with Crippen LogP contribution in [-0.4, -0.2) is 31.2 Å². The van der Waals surface area contributed by atoms with E-state index in [-0.39, 0.29) is 17.3 Å². The third-order valence-corrected chi connectivity index (χ3v) is 4.24. The van der Waals surface area contributed by atoms with Crippen molar-refractivity contribution in [3.05, 3.63) is 41.1 Å². The van der Waals surface area contributed by atoms with E-state index in [0.29, 0.717) is 5.69 Å². The van der Waals surface area contributed by atoms with Crippen LogP contribution < -0.4 is 4.72 Å². The summed E-state index contributed by atoms with van der Waals surface area (Å²) in [5, 5.41) is 5.80. The minimum absolute atomic E-state index is 0.0804. The van der Waals surface area contributed by atoms with Crippen molar-refractivity contribution in [2.45, 2.75) is 25.8 Å². The van der Waals surface area contributed by atoms with Gasteiger partial charge < -0.3 is 4.74 Å². The number of benzene rings is 1. The summed E-state index contributed by atoms with van der Waals surface area (Å²) in [5.41, 5.74) is 2.12. The molecule has 0 aliphatic heterocycles. The molecule has 0 aliphatic rings. The molecule has 7 nitrogen and oxygen atoms in total. The molecule has 0 atom stereocenters. The van der Waals surface area contributed by atoms with Gasteiger partial charge in [-0.3, -0.25) is 9.82 Å². The second-order valence-electron chi connectivity index (χ2n) is 4.76. The Hall–Kier alpha value is -2.35. The number of aromatic amines is 1. The highest BCUT2D eigenvalue weighted by Crippen LogP contribution is 2.20. The minimum atomic E-state index is -3.86. The molecule has 2 N–H and O–H groups in total. The zero-order valence-electron chi connectivity index (χ0n) is 12.5. The Morgan fingerprint density at radius 3 is 2.73 bits per heavy atom. The van der Waals surface area contributed by atoms with Gasteiger partial charge in [-0.15, -0.1) is 0 Å². The summed E-state index contributed by atoms with van der Waals surface area (Å²) in [5.74, 6) is -0.674. The fourth-order valence-corrected chi connectivity index (χ4v) is 2.85. The number of rotatable bonds is 5. The molecule has 0 aliphatic carbocycles. The van der Waals surface area contributed by atoms with Crippen LogP contribution in [0.25, 0.3) is 0 Å². The largest absolute Gasteiger partial charge is 0.461 e. The van der Waals surface area contributed by atoms with Gasteiger partial charge in [-0.25, -0.2) is 4.79 Å². The van der Waals surface area contributed by atoms with E-state index in [9.17, 15) is 13.2 Å². The van der Waals surface area contributed by atoms with Crippen molar-refractivity contribution in [1.82, 2.24) is 10.2 Å². The number of H-pyrrole nitrogens is 1. The Labute approximate surface area is 128 Å². The second kappa shape index (κ2) is 6.18. The van der Waals surface area contributed by atoms with E-state index in [0.717, 1.165) is 17.2 Å². The summed E-state index contributed by atoms with van der Waals surface area (Å²) in [6, 6.07) is 6.59. The number of hydrogen-bond acceptors (Lipinski definition) is 5. The summed E-state index contributed by atoms with van der Waals surface area (Å²) in [4.78, 5) is 11.5. The van der Waals surface area contributed by atoms with E-state index >= 15 is 0 Å². The van der Waals surface area contributed by atoms with Crippen molar-refractivity contribution in [2.75, 3.05) is 11.3 Å². The molecule has 0 unspecified atom stereocenters. The van der Waals surface area contributed by atoms with Gasteiger partial charge >= 0.3 is 5.97 Å². The van der Waals surface area contributed by atoms with Gasteiger partial charge in [0.2, 0.25) is 0 Å². The molecular weight excluding hydrogens is 306 g/mol. The van der Waals surface area contributed by atoms with Crippen LogP contribution in [0.15, 0.2) is 29.3 Å². The number of hydrogen-bond donors (Lipinski definition) is 2. The quantitative estimate of drug-likeness (QED) is 0.820. The molecule has 8 heteroatoms. The number of aromatic nitrogens is 2. The number of carbonyl (C=O) groups is 1. The molecule has 0 amide bonds. The van der Waals surface area contributed by atoms with Gasteiger partial charge in [0, 0.05) is 6.07 Å². The molecule has 118 valence electrons. The molecule has 0 fully saturated rings. The smallest absolute Gasteiger partial charge is 0.358 e. The zero-order chi connectivity index (χ0) is 16.3. The fourth-order valence-electron chi connectivity index (χ4n) is 1.80. The topological polar surface area (TPSA) is 101 Å². The average molecular weight is 323 g/mol. The van der Waals surface area contributed by atoms with Crippen LogP contribution in [0.3, 0.4) is 0 Å². The Bertz CT molecular complexity index is 796. The second-order valence-corrected chi connectivity index (χ2v) is 6.41. The normalized spacial score (nSPS) is 11.2. The fraction of sp³-hybridized carbons (Fsp3) is 0.286. The highest BCUT2D eigenvalue weighted by Gasteiger charge is 2.21. The lowest BCUT2D eigenvalue weighted by Gasteiger charge is -2.09. The number of nitrogens with zero attached hydrogens (tertiary/aromatic N) is 1. The Kier molecular flexibility index (Phi) is 4.51. The molecule has 0 radical (unpaired) electrons. The molecule has 2 aromatic rings. The van der Waals surface area contributed by atoms with Gasteiger partial charge in [0.05, 0.1) is 12.3 Å². The lowest BCUT2D eigenvalue weighted by molar-refractivity contribution is 0.0519. The first-order valence-electron chi connectivity index (χ1n) is 6.66. The number of carbonyl (C=O) groups excluding carboxylic acids is 1. The maximum Gasteiger partial charge on any atom is 0.358 e. The van der Waals surface area contributed by atoms with Crippen molar-refractivity contribution in [3.63, 3.8) is 0 Å². The predicted octanol–water partition coefficient (Wildman–Crippen LogP) is 2.00. The van der Waals surface area contributed by atoms with Gasteiger partial charge in [-0.2, -0.15) is 13.5 Å². The molecule has 1 aromatic carbocycles. The third-order valence-electron chi connectivity index (χ3n) is 2.97. The molecule has 22 heavy (non-hydrogen) atoms. The molecular formula is C14H17N3O4S. The van der Waals surface area contributed by atoms with E-state index < -0.39 is 16.0 Å². The van der Waals surface area contributed by atoms with Gasteiger partial charge in [0.15, 0.2) is 10.7 Å². The molecule has 0 saturated heterocycles. The highest BCUT2D eigenvalue weighted by atomic mass is 32.2. The molecule has 1 heterocycles. The third kappa shape index (κ3) is 3.45. The van der Waals surface area contributed by atoms with Gasteiger partial charge in [0.1, 0.15) is 0 Å². The first kappa shape index (κ1) is 16.0. The van der Waals surface area contributed by atoms with Gasteiger partial charge in [0.25, 0.3) is 10.0 Å².